The molecule has 96 valence electrons. The van der Waals surface area contributed by atoms with E-state index < -0.39 is 0 Å². The van der Waals surface area contributed by atoms with E-state index in [0.717, 1.165) is 18.4 Å². The Kier molecular flexibility index (Phi) is 3.71. The Labute approximate surface area is 110 Å². The number of hydrogen-bond donors (Lipinski definition) is 0. The molecule has 0 N–H and O–H groups in total. The molecule has 0 unspecified atom stereocenters. The van der Waals surface area contributed by atoms with Crippen molar-refractivity contribution in [2.24, 2.45) is 5.41 Å². The van der Waals surface area contributed by atoms with Crippen molar-refractivity contribution in [3.05, 3.63) is 30.1 Å². The molecule has 0 aromatic carbocycles. The summed E-state index contributed by atoms with van der Waals surface area (Å²) in [5.74, 6) is 0. The van der Waals surface area contributed by atoms with Gasteiger partial charge in [-0.25, -0.2) is 0 Å². The predicted molar refractivity (Wildman–Crippen MR) is 73.0 cm³/mol. The second-order valence-electron chi connectivity index (χ2n) is 5.78. The van der Waals surface area contributed by atoms with Gasteiger partial charge in [0.25, 0.3) is 0 Å². The van der Waals surface area contributed by atoms with Crippen molar-refractivity contribution in [2.45, 2.75) is 57.8 Å². The molecule has 1 aliphatic carbocycles. The topological polar surface area (TPSA) is 36.7 Å². The molecule has 0 bridgehead atoms. The Balaban J connectivity index is 2.18. The van der Waals surface area contributed by atoms with E-state index in [1.54, 1.807) is 12.4 Å². The van der Waals surface area contributed by atoms with Crippen LogP contribution in [0.4, 0.5) is 0 Å². The van der Waals surface area contributed by atoms with E-state index in [2.05, 4.69) is 24.9 Å². The Morgan fingerprint density at radius 1 is 1.17 bits per heavy atom. The van der Waals surface area contributed by atoms with Gasteiger partial charge in [-0.05, 0) is 48.8 Å². The average Bonchev–Trinajstić information content (AvgIpc) is 2.36. The molecule has 2 nitrogen and oxygen atoms in total. The molecule has 0 radical (unpaired) electrons. The zero-order valence-corrected chi connectivity index (χ0v) is 11.4. The van der Waals surface area contributed by atoms with E-state index in [4.69, 9.17) is 0 Å². The average molecular weight is 242 g/mol. The predicted octanol–water partition coefficient (Wildman–Crippen LogP) is 4.22. The molecule has 1 fully saturated rings. The van der Waals surface area contributed by atoms with Crippen molar-refractivity contribution in [3.63, 3.8) is 0 Å². The standard InChI is InChI=1S/C16H22N2/c1-3-7-15(8-4-2)11-16(12-15,13-17)14-5-9-18-10-6-14/h5-6,9-10H,3-4,7-8,11-12H2,1-2H3. The molecule has 2 heteroatoms. The third-order valence-electron chi connectivity index (χ3n) is 4.36. The second-order valence-corrected chi connectivity index (χ2v) is 5.78. The highest BCUT2D eigenvalue weighted by Gasteiger charge is 2.54. The first-order chi connectivity index (χ1) is 8.70. The quantitative estimate of drug-likeness (QED) is 0.775. The molecule has 0 aliphatic heterocycles. The summed E-state index contributed by atoms with van der Waals surface area (Å²) in [6.45, 7) is 4.49. The van der Waals surface area contributed by atoms with Gasteiger partial charge < -0.3 is 0 Å². The number of hydrogen-bond acceptors (Lipinski definition) is 2. The molecule has 1 aromatic heterocycles. The number of aromatic nitrogens is 1. The third kappa shape index (κ3) is 2.14. The van der Waals surface area contributed by atoms with Crippen LogP contribution in [-0.4, -0.2) is 4.98 Å². The minimum atomic E-state index is -0.243. The van der Waals surface area contributed by atoms with E-state index in [0.29, 0.717) is 5.41 Å². The van der Waals surface area contributed by atoms with Crippen LogP contribution in [0.1, 0.15) is 57.9 Å². The fourth-order valence-corrected chi connectivity index (χ4v) is 3.79. The van der Waals surface area contributed by atoms with Crippen LogP contribution in [0.25, 0.3) is 0 Å². The lowest BCUT2D eigenvalue weighted by Crippen LogP contribution is -2.48. The van der Waals surface area contributed by atoms with Crippen molar-refractivity contribution in [3.8, 4) is 6.07 Å². The van der Waals surface area contributed by atoms with Gasteiger partial charge in [-0.15, -0.1) is 0 Å². The molecule has 18 heavy (non-hydrogen) atoms. The summed E-state index contributed by atoms with van der Waals surface area (Å²) in [5, 5.41) is 9.59. The van der Waals surface area contributed by atoms with Crippen LogP contribution in [0.3, 0.4) is 0 Å². The first-order valence-electron chi connectivity index (χ1n) is 7.02. The van der Waals surface area contributed by atoms with E-state index >= 15 is 0 Å². The normalized spacial score (nSPS) is 19.8. The highest BCUT2D eigenvalue weighted by Crippen LogP contribution is 2.59. The van der Waals surface area contributed by atoms with Crippen LogP contribution >= 0.6 is 0 Å². The Bertz CT molecular complexity index is 416. The first-order valence-corrected chi connectivity index (χ1v) is 7.02. The molecule has 0 spiro atoms. The highest BCUT2D eigenvalue weighted by atomic mass is 14.6. The molecule has 1 aromatic rings. The molecular weight excluding hydrogens is 220 g/mol. The van der Waals surface area contributed by atoms with Crippen molar-refractivity contribution in [1.29, 1.82) is 5.26 Å². The maximum Gasteiger partial charge on any atom is 0.0834 e. The lowest BCUT2D eigenvalue weighted by atomic mass is 9.48. The summed E-state index contributed by atoms with van der Waals surface area (Å²) < 4.78 is 0. The van der Waals surface area contributed by atoms with Crippen LogP contribution < -0.4 is 0 Å². The van der Waals surface area contributed by atoms with Gasteiger partial charge in [0.15, 0.2) is 0 Å². The van der Waals surface area contributed by atoms with Crippen molar-refractivity contribution in [2.75, 3.05) is 0 Å². The van der Waals surface area contributed by atoms with Gasteiger partial charge in [-0.2, -0.15) is 5.26 Å². The maximum atomic E-state index is 9.59. The SMILES string of the molecule is CCCC1(CCC)CC(C#N)(c2ccncc2)C1. The Morgan fingerprint density at radius 2 is 1.72 bits per heavy atom. The van der Waals surface area contributed by atoms with Gasteiger partial charge in [-0.3, -0.25) is 4.98 Å². The Morgan fingerprint density at radius 3 is 2.17 bits per heavy atom. The fourth-order valence-electron chi connectivity index (χ4n) is 3.79. The highest BCUT2D eigenvalue weighted by molar-refractivity contribution is 5.36. The van der Waals surface area contributed by atoms with E-state index in [1.165, 1.54) is 25.7 Å². The lowest BCUT2D eigenvalue weighted by molar-refractivity contribution is 0.0357. The lowest BCUT2D eigenvalue weighted by Gasteiger charge is -2.53. The number of nitriles is 1. The second kappa shape index (κ2) is 5.10. The fraction of sp³-hybridized carbons (Fsp3) is 0.625. The molecule has 2 rings (SSSR count). The first kappa shape index (κ1) is 13.1. The van der Waals surface area contributed by atoms with Gasteiger partial charge in [0.05, 0.1) is 11.5 Å². The van der Waals surface area contributed by atoms with E-state index in [-0.39, 0.29) is 5.41 Å². The van der Waals surface area contributed by atoms with Gasteiger partial charge in [-0.1, -0.05) is 26.7 Å². The minimum absolute atomic E-state index is 0.243. The maximum absolute atomic E-state index is 9.59. The van der Waals surface area contributed by atoms with Crippen molar-refractivity contribution >= 4 is 0 Å². The van der Waals surface area contributed by atoms with E-state index in [1.807, 2.05) is 12.1 Å². The van der Waals surface area contributed by atoms with Gasteiger partial charge in [0.1, 0.15) is 0 Å². The summed E-state index contributed by atoms with van der Waals surface area (Å²) in [6.07, 6.45) is 10.6. The smallest absolute Gasteiger partial charge is 0.0834 e. The van der Waals surface area contributed by atoms with Crippen LogP contribution in [0, 0.1) is 16.7 Å². The number of rotatable bonds is 5. The van der Waals surface area contributed by atoms with Crippen LogP contribution in [-0.2, 0) is 5.41 Å². The molecule has 0 atom stereocenters. The summed E-state index contributed by atoms with van der Waals surface area (Å²) in [5.41, 5.74) is 1.33. The molecule has 0 saturated heterocycles. The zero-order valence-electron chi connectivity index (χ0n) is 11.4. The van der Waals surface area contributed by atoms with Gasteiger partial charge >= 0.3 is 0 Å². The summed E-state index contributed by atoms with van der Waals surface area (Å²) >= 11 is 0. The minimum Gasteiger partial charge on any atom is -0.265 e. The summed E-state index contributed by atoms with van der Waals surface area (Å²) in [4.78, 5) is 4.05. The molecule has 1 heterocycles. The molecular formula is C16H22N2. The zero-order chi connectivity index (χ0) is 13.1. The third-order valence-corrected chi connectivity index (χ3v) is 4.36. The van der Waals surface area contributed by atoms with Crippen molar-refractivity contribution < 1.29 is 0 Å². The van der Waals surface area contributed by atoms with Gasteiger partial charge in [0, 0.05) is 12.4 Å². The van der Waals surface area contributed by atoms with Crippen molar-refractivity contribution in [1.82, 2.24) is 4.98 Å². The molecule has 1 aliphatic rings. The Hall–Kier alpha value is -1.36. The monoisotopic (exact) mass is 242 g/mol. The molecule has 1 saturated carbocycles. The number of nitrogens with zero attached hydrogens (tertiary/aromatic N) is 2. The summed E-state index contributed by atoms with van der Waals surface area (Å²) in [7, 11) is 0. The molecule has 0 amide bonds. The van der Waals surface area contributed by atoms with Crippen LogP contribution in [0.5, 0.6) is 0 Å². The van der Waals surface area contributed by atoms with Crippen LogP contribution in [0.2, 0.25) is 0 Å². The van der Waals surface area contributed by atoms with E-state index in [9.17, 15) is 5.26 Å². The largest absolute Gasteiger partial charge is 0.265 e. The number of pyridine rings is 1. The van der Waals surface area contributed by atoms with Gasteiger partial charge in [0.2, 0.25) is 0 Å². The summed E-state index contributed by atoms with van der Waals surface area (Å²) in [6, 6.07) is 6.58. The van der Waals surface area contributed by atoms with Crippen LogP contribution in [0.15, 0.2) is 24.5 Å².